The number of sulfonamides is 1. The van der Waals surface area contributed by atoms with E-state index in [9.17, 15) is 8.42 Å². The Kier molecular flexibility index (Phi) is 6.46. The Hall–Kier alpha value is -2.55. The summed E-state index contributed by atoms with van der Waals surface area (Å²) in [6, 6.07) is 17.9. The van der Waals surface area contributed by atoms with Crippen LogP contribution in [0, 0.1) is 6.92 Å². The monoisotopic (exact) mass is 471 g/mol. The molecule has 1 aromatic heterocycles. The van der Waals surface area contributed by atoms with Crippen molar-refractivity contribution in [1.29, 1.82) is 0 Å². The lowest BCUT2D eigenvalue weighted by molar-refractivity contribution is 0.406. The van der Waals surface area contributed by atoms with Crippen LogP contribution in [0.3, 0.4) is 0 Å². The summed E-state index contributed by atoms with van der Waals surface area (Å²) < 4.78 is 34.8. The molecule has 0 saturated carbocycles. The summed E-state index contributed by atoms with van der Waals surface area (Å²) in [5, 5.41) is 3.52. The van der Waals surface area contributed by atoms with E-state index in [1.807, 2.05) is 49.4 Å². The van der Waals surface area contributed by atoms with Crippen LogP contribution < -0.4 is 19.7 Å². The smallest absolute Gasteiger partial charge is 0.271 e. The number of ether oxygens (including phenoxy) is 1. The number of piperazine rings is 1. The molecule has 8 heteroatoms. The van der Waals surface area contributed by atoms with E-state index in [4.69, 9.17) is 4.74 Å². The Morgan fingerprint density at radius 1 is 1.06 bits per heavy atom. The van der Waals surface area contributed by atoms with Crippen molar-refractivity contribution in [2.45, 2.75) is 37.1 Å². The molecule has 0 amide bonds. The molecule has 3 aromatic rings. The van der Waals surface area contributed by atoms with E-state index in [2.05, 4.69) is 34.9 Å². The van der Waals surface area contributed by atoms with Crippen LogP contribution >= 0.6 is 11.3 Å². The maximum atomic E-state index is 13.2. The number of methoxy groups -OCH3 is 1. The highest BCUT2D eigenvalue weighted by Crippen LogP contribution is 2.35. The summed E-state index contributed by atoms with van der Waals surface area (Å²) in [6.45, 7) is 8.04. The van der Waals surface area contributed by atoms with Gasteiger partial charge in [0.1, 0.15) is 9.96 Å². The Bertz CT molecular complexity index is 1200. The van der Waals surface area contributed by atoms with Gasteiger partial charge >= 0.3 is 0 Å². The number of rotatable bonds is 6. The van der Waals surface area contributed by atoms with Crippen molar-refractivity contribution in [3.63, 3.8) is 0 Å². The molecule has 0 radical (unpaired) electrons. The van der Waals surface area contributed by atoms with E-state index in [0.717, 1.165) is 34.8 Å². The average molecular weight is 472 g/mol. The van der Waals surface area contributed by atoms with E-state index >= 15 is 0 Å². The number of nitrogens with zero attached hydrogens (tertiary/aromatic N) is 1. The molecule has 1 aliphatic rings. The molecule has 0 unspecified atom stereocenters. The summed E-state index contributed by atoms with van der Waals surface area (Å²) in [5.74, 6) is 0.490. The van der Waals surface area contributed by atoms with Gasteiger partial charge < -0.3 is 15.0 Å². The number of aryl methyl sites for hydroxylation is 1. The van der Waals surface area contributed by atoms with Gasteiger partial charge in [0.15, 0.2) is 0 Å². The summed E-state index contributed by atoms with van der Waals surface area (Å²) in [7, 11) is -2.21. The van der Waals surface area contributed by atoms with Gasteiger partial charge in [-0.2, -0.15) is 0 Å². The molecule has 2 heterocycles. The zero-order chi connectivity index (χ0) is 22.9. The van der Waals surface area contributed by atoms with Crippen LogP contribution in [0.4, 0.5) is 11.4 Å². The van der Waals surface area contributed by atoms with Crippen LogP contribution in [0.1, 0.15) is 19.4 Å². The highest BCUT2D eigenvalue weighted by atomic mass is 32.2. The molecular weight excluding hydrogens is 442 g/mol. The van der Waals surface area contributed by atoms with Crippen LogP contribution in [-0.2, 0) is 10.0 Å². The molecule has 2 atom stereocenters. The van der Waals surface area contributed by atoms with E-state index in [1.54, 1.807) is 13.2 Å². The lowest BCUT2D eigenvalue weighted by atomic mass is 10.1. The fraction of sp³-hybridized carbons (Fsp3) is 0.333. The first-order valence-electron chi connectivity index (χ1n) is 10.6. The van der Waals surface area contributed by atoms with Crippen molar-refractivity contribution < 1.29 is 13.2 Å². The number of nitrogens with one attached hydrogen (secondary N) is 2. The predicted molar refractivity (Wildman–Crippen MR) is 133 cm³/mol. The first-order chi connectivity index (χ1) is 15.2. The fourth-order valence-corrected chi connectivity index (χ4v) is 6.49. The van der Waals surface area contributed by atoms with E-state index in [0.29, 0.717) is 23.5 Å². The molecule has 1 saturated heterocycles. The molecule has 1 fully saturated rings. The number of hydrogen-bond acceptors (Lipinski definition) is 6. The summed E-state index contributed by atoms with van der Waals surface area (Å²) in [6.07, 6.45) is 0. The van der Waals surface area contributed by atoms with Gasteiger partial charge in [-0.15, -0.1) is 11.3 Å². The van der Waals surface area contributed by atoms with Gasteiger partial charge in [-0.05, 0) is 56.7 Å². The molecule has 4 rings (SSSR count). The molecule has 32 heavy (non-hydrogen) atoms. The molecule has 6 nitrogen and oxygen atoms in total. The maximum absolute atomic E-state index is 13.2. The number of hydrogen-bond donors (Lipinski definition) is 2. The number of benzene rings is 2. The third kappa shape index (κ3) is 4.92. The second kappa shape index (κ2) is 9.13. The molecular formula is C24H29N3O3S2. The minimum absolute atomic E-state index is 0.269. The van der Waals surface area contributed by atoms with Gasteiger partial charge in [0.05, 0.1) is 12.8 Å². The van der Waals surface area contributed by atoms with Crippen molar-refractivity contribution >= 4 is 32.7 Å². The van der Waals surface area contributed by atoms with Gasteiger partial charge in [0.2, 0.25) is 0 Å². The van der Waals surface area contributed by atoms with E-state index < -0.39 is 10.0 Å². The normalized spacial score (nSPS) is 19.1. The zero-order valence-electron chi connectivity index (χ0n) is 18.8. The standard InChI is InChI=1S/C24H29N3O3S2/c1-16-6-5-7-19(12-16)23-10-11-24(31-23)32(28,29)26-21-13-20(8-9-22(21)30-4)27-14-17(2)25-18(3)15-27/h5-13,17-18,25-26H,14-15H2,1-4H3/t17-,18+. The van der Waals surface area contributed by atoms with Crippen molar-refractivity contribution in [2.24, 2.45) is 0 Å². The Morgan fingerprint density at radius 2 is 1.81 bits per heavy atom. The Balaban J connectivity index is 1.61. The average Bonchev–Trinajstić information content (AvgIpc) is 3.24. The zero-order valence-corrected chi connectivity index (χ0v) is 20.4. The third-order valence-electron chi connectivity index (χ3n) is 5.50. The van der Waals surface area contributed by atoms with Crippen LogP contribution in [0.15, 0.2) is 58.8 Å². The fourth-order valence-electron chi connectivity index (χ4n) is 4.12. The summed E-state index contributed by atoms with van der Waals surface area (Å²) in [4.78, 5) is 3.18. The topological polar surface area (TPSA) is 70.7 Å². The van der Waals surface area contributed by atoms with E-state index in [1.165, 1.54) is 11.3 Å². The number of thiophene rings is 1. The first-order valence-corrected chi connectivity index (χ1v) is 12.9. The van der Waals surface area contributed by atoms with Crippen molar-refractivity contribution in [1.82, 2.24) is 5.32 Å². The lowest BCUT2D eigenvalue weighted by Gasteiger charge is -2.38. The number of anilines is 2. The third-order valence-corrected chi connectivity index (χ3v) is 8.49. The second-order valence-electron chi connectivity index (χ2n) is 8.35. The molecule has 0 spiro atoms. The van der Waals surface area contributed by atoms with Crippen molar-refractivity contribution in [3.05, 3.63) is 60.2 Å². The minimum Gasteiger partial charge on any atom is -0.495 e. The quantitative estimate of drug-likeness (QED) is 0.544. The Morgan fingerprint density at radius 3 is 2.50 bits per heavy atom. The lowest BCUT2D eigenvalue weighted by Crippen LogP contribution is -2.54. The molecule has 2 aromatic carbocycles. The Labute approximate surface area is 194 Å². The van der Waals surface area contributed by atoms with Gasteiger partial charge in [-0.3, -0.25) is 4.72 Å². The van der Waals surface area contributed by atoms with Gasteiger partial charge in [-0.1, -0.05) is 29.8 Å². The van der Waals surface area contributed by atoms with E-state index in [-0.39, 0.29) is 4.21 Å². The largest absolute Gasteiger partial charge is 0.495 e. The maximum Gasteiger partial charge on any atom is 0.271 e. The second-order valence-corrected chi connectivity index (χ2v) is 11.3. The minimum atomic E-state index is -3.75. The van der Waals surface area contributed by atoms with Crippen molar-refractivity contribution in [3.8, 4) is 16.2 Å². The summed E-state index contributed by atoms with van der Waals surface area (Å²) in [5.41, 5.74) is 3.55. The molecule has 0 bridgehead atoms. The van der Waals surface area contributed by atoms with Gasteiger partial charge in [0, 0.05) is 35.7 Å². The molecule has 170 valence electrons. The SMILES string of the molecule is COc1ccc(N2C[C@@H](C)N[C@@H](C)C2)cc1NS(=O)(=O)c1ccc(-c2cccc(C)c2)s1. The van der Waals surface area contributed by atoms with Gasteiger partial charge in [-0.25, -0.2) is 8.42 Å². The van der Waals surface area contributed by atoms with Crippen LogP contribution in [0.2, 0.25) is 0 Å². The van der Waals surface area contributed by atoms with Gasteiger partial charge in [0.25, 0.3) is 10.0 Å². The van der Waals surface area contributed by atoms with Crippen LogP contribution in [-0.4, -0.2) is 40.7 Å². The molecule has 1 aliphatic heterocycles. The first kappa shape index (κ1) is 22.6. The molecule has 0 aliphatic carbocycles. The highest BCUT2D eigenvalue weighted by Gasteiger charge is 2.24. The van der Waals surface area contributed by atoms with Crippen LogP contribution in [0.25, 0.3) is 10.4 Å². The highest BCUT2D eigenvalue weighted by molar-refractivity contribution is 7.94. The summed E-state index contributed by atoms with van der Waals surface area (Å²) >= 11 is 1.26. The molecule has 2 N–H and O–H groups in total. The van der Waals surface area contributed by atoms with Crippen molar-refractivity contribution in [2.75, 3.05) is 29.8 Å². The van der Waals surface area contributed by atoms with Crippen LogP contribution in [0.5, 0.6) is 5.75 Å². The predicted octanol–water partition coefficient (Wildman–Crippen LogP) is 4.72.